The number of ether oxygens (including phenoxy) is 1. The highest BCUT2D eigenvalue weighted by atomic mass is 35.5. The van der Waals surface area contributed by atoms with Crippen LogP contribution in [-0.2, 0) is 11.4 Å². The first-order valence-electron chi connectivity index (χ1n) is 8.48. The zero-order valence-electron chi connectivity index (χ0n) is 16.0. The Bertz CT molecular complexity index is 964. The van der Waals surface area contributed by atoms with E-state index in [1.54, 1.807) is 35.8 Å². The molecule has 3 rings (SSSR count). The number of aryl methyl sites for hydroxylation is 1. The molecular formula is C19H22ClFN6O2. The standard InChI is InChI=1S/C18H18ClFN4O.CH4N2O/c1-12-4-3-5-17(23(2)21)14(12)11-25-18-8-9-24(22-18)13-6-7-15(19)16(20)10-13;2-3-1-4/h3-10H,11,21H2,1-2H3;1H,2H2,(H,3,4). The number of nitrogens with two attached hydrogens (primary N) is 2. The highest BCUT2D eigenvalue weighted by molar-refractivity contribution is 6.30. The quantitative estimate of drug-likeness (QED) is 0.244. The molecule has 1 aromatic heterocycles. The highest BCUT2D eigenvalue weighted by Crippen LogP contribution is 2.24. The topological polar surface area (TPSA) is 111 Å². The second-order valence-electron chi connectivity index (χ2n) is 5.95. The van der Waals surface area contributed by atoms with E-state index in [-0.39, 0.29) is 5.02 Å². The molecule has 0 fully saturated rings. The molecule has 2 aromatic carbocycles. The Morgan fingerprint density at radius 3 is 2.69 bits per heavy atom. The number of halogens is 2. The third kappa shape index (κ3) is 5.92. The van der Waals surface area contributed by atoms with E-state index in [0.717, 1.165) is 16.8 Å². The van der Waals surface area contributed by atoms with Crippen molar-refractivity contribution in [2.45, 2.75) is 13.5 Å². The molecule has 154 valence electrons. The van der Waals surface area contributed by atoms with Crippen molar-refractivity contribution in [2.24, 2.45) is 11.7 Å². The first-order valence-corrected chi connectivity index (χ1v) is 8.85. The molecule has 1 amide bonds. The van der Waals surface area contributed by atoms with Gasteiger partial charge in [0.05, 0.1) is 16.4 Å². The monoisotopic (exact) mass is 420 g/mol. The van der Waals surface area contributed by atoms with Crippen LogP contribution < -0.4 is 26.9 Å². The van der Waals surface area contributed by atoms with Crippen LogP contribution >= 0.6 is 11.6 Å². The molecule has 0 atom stereocenters. The second-order valence-corrected chi connectivity index (χ2v) is 6.36. The van der Waals surface area contributed by atoms with Crippen molar-refractivity contribution in [2.75, 3.05) is 12.1 Å². The number of anilines is 1. The number of benzene rings is 2. The summed E-state index contributed by atoms with van der Waals surface area (Å²) < 4.78 is 20.9. The van der Waals surface area contributed by atoms with E-state index in [4.69, 9.17) is 27.0 Å². The molecule has 8 nitrogen and oxygen atoms in total. The maximum atomic E-state index is 13.6. The van der Waals surface area contributed by atoms with Crippen LogP contribution in [0, 0.1) is 12.7 Å². The van der Waals surface area contributed by atoms with Crippen LogP contribution in [0.15, 0.2) is 48.7 Å². The Morgan fingerprint density at radius 2 is 2.07 bits per heavy atom. The first-order chi connectivity index (χ1) is 13.9. The van der Waals surface area contributed by atoms with E-state index in [1.165, 1.54) is 16.8 Å². The third-order valence-corrected chi connectivity index (χ3v) is 4.24. The number of carbonyl (C=O) groups excluding carboxylic acids is 1. The van der Waals surface area contributed by atoms with Crippen molar-refractivity contribution in [3.05, 3.63) is 70.6 Å². The lowest BCUT2D eigenvalue weighted by Crippen LogP contribution is -2.26. The Hall–Kier alpha value is -3.14. The van der Waals surface area contributed by atoms with Gasteiger partial charge in [-0.1, -0.05) is 23.7 Å². The molecule has 0 unspecified atom stereocenters. The summed E-state index contributed by atoms with van der Waals surface area (Å²) in [5.41, 5.74) is 5.27. The van der Waals surface area contributed by atoms with Crippen molar-refractivity contribution in [3.63, 3.8) is 0 Å². The van der Waals surface area contributed by atoms with E-state index in [0.29, 0.717) is 24.6 Å². The summed E-state index contributed by atoms with van der Waals surface area (Å²) in [5, 5.41) is 5.94. The molecule has 0 aliphatic carbocycles. The molecule has 10 heteroatoms. The zero-order chi connectivity index (χ0) is 21.4. The van der Waals surface area contributed by atoms with Gasteiger partial charge in [-0.2, -0.15) is 0 Å². The minimum absolute atomic E-state index is 0.0744. The highest BCUT2D eigenvalue weighted by Gasteiger charge is 2.10. The number of amides is 1. The molecule has 1 heterocycles. The molecule has 0 saturated heterocycles. The van der Waals surface area contributed by atoms with Gasteiger partial charge >= 0.3 is 0 Å². The number of hydrogen-bond acceptors (Lipinski definition) is 6. The van der Waals surface area contributed by atoms with Gasteiger partial charge in [-0.25, -0.2) is 20.8 Å². The maximum Gasteiger partial charge on any atom is 0.233 e. The van der Waals surface area contributed by atoms with E-state index in [9.17, 15) is 4.39 Å². The normalized spacial score (nSPS) is 10.0. The van der Waals surface area contributed by atoms with Crippen LogP contribution in [0.2, 0.25) is 5.02 Å². The molecule has 5 N–H and O–H groups in total. The number of nitrogens with one attached hydrogen (secondary N) is 1. The SMILES string of the molecule is Cc1cccc(N(C)N)c1COc1ccn(-c2ccc(Cl)c(F)c2)n1.NNC=O. The number of hydrazine groups is 2. The predicted molar refractivity (Wildman–Crippen MR) is 110 cm³/mol. The predicted octanol–water partition coefficient (Wildman–Crippen LogP) is 2.47. The van der Waals surface area contributed by atoms with Crippen LogP contribution in [0.4, 0.5) is 10.1 Å². The van der Waals surface area contributed by atoms with Gasteiger partial charge in [0.2, 0.25) is 12.3 Å². The minimum atomic E-state index is -0.493. The van der Waals surface area contributed by atoms with Gasteiger partial charge in [0.25, 0.3) is 0 Å². The van der Waals surface area contributed by atoms with E-state index < -0.39 is 5.82 Å². The first kappa shape index (κ1) is 22.2. The molecule has 0 spiro atoms. The lowest BCUT2D eigenvalue weighted by Gasteiger charge is -2.18. The second kappa shape index (κ2) is 10.4. The molecule has 0 bridgehead atoms. The number of nitrogens with zero attached hydrogens (tertiary/aromatic N) is 3. The van der Waals surface area contributed by atoms with Crippen LogP contribution in [0.1, 0.15) is 11.1 Å². The molecule has 0 aliphatic rings. The van der Waals surface area contributed by atoms with Crippen LogP contribution in [-0.4, -0.2) is 23.2 Å². The average Bonchev–Trinajstić information content (AvgIpc) is 3.18. The zero-order valence-corrected chi connectivity index (χ0v) is 16.7. The lowest BCUT2D eigenvalue weighted by atomic mass is 10.1. The fraction of sp³-hybridized carbons (Fsp3) is 0.158. The van der Waals surface area contributed by atoms with Gasteiger partial charge in [0.1, 0.15) is 12.4 Å². The van der Waals surface area contributed by atoms with E-state index >= 15 is 0 Å². The van der Waals surface area contributed by atoms with Crippen molar-refractivity contribution in [3.8, 4) is 11.6 Å². The minimum Gasteiger partial charge on any atom is -0.472 e. The Kier molecular flexibility index (Phi) is 7.96. The van der Waals surface area contributed by atoms with Gasteiger partial charge < -0.3 is 9.75 Å². The van der Waals surface area contributed by atoms with E-state index in [1.807, 2.05) is 25.1 Å². The summed E-state index contributed by atoms with van der Waals surface area (Å²) in [6, 6.07) is 12.1. The van der Waals surface area contributed by atoms with Crippen molar-refractivity contribution < 1.29 is 13.9 Å². The van der Waals surface area contributed by atoms with Crippen molar-refractivity contribution >= 4 is 23.7 Å². The van der Waals surface area contributed by atoms with Crippen LogP contribution in [0.3, 0.4) is 0 Å². The van der Waals surface area contributed by atoms with Gasteiger partial charge in [0, 0.05) is 30.9 Å². The summed E-state index contributed by atoms with van der Waals surface area (Å²) in [6.45, 7) is 2.33. The van der Waals surface area contributed by atoms with Crippen LogP contribution in [0.5, 0.6) is 5.88 Å². The lowest BCUT2D eigenvalue weighted by molar-refractivity contribution is -0.109. The fourth-order valence-electron chi connectivity index (χ4n) is 2.51. The smallest absolute Gasteiger partial charge is 0.233 e. The van der Waals surface area contributed by atoms with Gasteiger partial charge in [0.15, 0.2) is 0 Å². The summed E-state index contributed by atoms with van der Waals surface area (Å²) in [7, 11) is 1.78. The number of carbonyl (C=O) groups is 1. The molecular weight excluding hydrogens is 399 g/mol. The maximum absolute atomic E-state index is 13.6. The Labute approximate surface area is 172 Å². The van der Waals surface area contributed by atoms with Crippen LogP contribution in [0.25, 0.3) is 5.69 Å². The molecule has 0 aliphatic heterocycles. The summed E-state index contributed by atoms with van der Waals surface area (Å²) in [4.78, 5) is 8.94. The number of rotatable bonds is 6. The van der Waals surface area contributed by atoms with E-state index in [2.05, 4.69) is 10.9 Å². The fourth-order valence-corrected chi connectivity index (χ4v) is 2.62. The Morgan fingerprint density at radius 1 is 1.34 bits per heavy atom. The summed E-state index contributed by atoms with van der Waals surface area (Å²) in [5.74, 6) is 10.2. The molecule has 3 aromatic rings. The number of hydrogen-bond donors (Lipinski definition) is 3. The van der Waals surface area contributed by atoms with Crippen molar-refractivity contribution in [1.29, 1.82) is 0 Å². The summed E-state index contributed by atoms with van der Waals surface area (Å²) >= 11 is 5.70. The number of aromatic nitrogens is 2. The molecule has 0 radical (unpaired) electrons. The average molecular weight is 421 g/mol. The summed E-state index contributed by atoms with van der Waals surface area (Å²) in [6.07, 6.45) is 2.10. The van der Waals surface area contributed by atoms with Gasteiger partial charge in [-0.15, -0.1) is 5.10 Å². The Balaban J connectivity index is 0.000000687. The third-order valence-electron chi connectivity index (χ3n) is 3.93. The van der Waals surface area contributed by atoms with Gasteiger partial charge in [-0.05, 0) is 30.7 Å². The molecule has 29 heavy (non-hydrogen) atoms. The largest absolute Gasteiger partial charge is 0.472 e. The molecule has 0 saturated carbocycles. The van der Waals surface area contributed by atoms with Gasteiger partial charge in [-0.3, -0.25) is 10.2 Å². The van der Waals surface area contributed by atoms with Crippen molar-refractivity contribution in [1.82, 2.24) is 15.2 Å².